The first kappa shape index (κ1) is 24.4. The fourth-order valence-electron chi connectivity index (χ4n) is 3.89. The van der Waals surface area contributed by atoms with E-state index in [2.05, 4.69) is 10.2 Å². The van der Waals surface area contributed by atoms with E-state index in [1.54, 1.807) is 24.3 Å². The van der Waals surface area contributed by atoms with E-state index in [0.29, 0.717) is 29.5 Å². The number of nitrogens with zero attached hydrogens (tertiary/aromatic N) is 2. The molecule has 2 amide bonds. The Morgan fingerprint density at radius 1 is 0.971 bits per heavy atom. The van der Waals surface area contributed by atoms with E-state index in [0.717, 1.165) is 29.9 Å². The van der Waals surface area contributed by atoms with Crippen LogP contribution in [0.25, 0.3) is 6.08 Å². The Morgan fingerprint density at radius 2 is 1.69 bits per heavy atom. The zero-order valence-electron chi connectivity index (χ0n) is 19.6. The van der Waals surface area contributed by atoms with E-state index in [1.807, 2.05) is 72.5 Å². The first-order chi connectivity index (χ1) is 17.0. The minimum absolute atomic E-state index is 0.0302. The number of halogens is 1. The van der Waals surface area contributed by atoms with Crippen LogP contribution in [0.15, 0.2) is 78.9 Å². The molecule has 3 aromatic carbocycles. The zero-order chi connectivity index (χ0) is 24.6. The Bertz CT molecular complexity index is 1190. The molecule has 6 nitrogen and oxygen atoms in total. The molecule has 1 aliphatic rings. The third-order valence-electron chi connectivity index (χ3n) is 5.82. The molecular formula is C28H28ClN3O3. The van der Waals surface area contributed by atoms with Crippen molar-refractivity contribution >= 4 is 40.9 Å². The van der Waals surface area contributed by atoms with Crippen molar-refractivity contribution in [3.8, 4) is 5.75 Å². The van der Waals surface area contributed by atoms with Crippen molar-refractivity contribution in [3.05, 3.63) is 95.0 Å². The van der Waals surface area contributed by atoms with Crippen molar-refractivity contribution in [2.75, 3.05) is 43.0 Å². The van der Waals surface area contributed by atoms with E-state index in [1.165, 1.54) is 0 Å². The quantitative estimate of drug-likeness (QED) is 0.473. The monoisotopic (exact) mass is 489 g/mol. The topological polar surface area (TPSA) is 61.9 Å². The summed E-state index contributed by atoms with van der Waals surface area (Å²) >= 11 is 5.95. The molecule has 35 heavy (non-hydrogen) atoms. The second-order valence-electron chi connectivity index (χ2n) is 8.35. The van der Waals surface area contributed by atoms with Gasteiger partial charge in [-0.05, 0) is 66.6 Å². The third-order valence-corrected chi connectivity index (χ3v) is 6.06. The van der Waals surface area contributed by atoms with E-state index in [9.17, 15) is 9.59 Å². The van der Waals surface area contributed by atoms with Gasteiger partial charge in [-0.1, -0.05) is 41.9 Å². The van der Waals surface area contributed by atoms with E-state index < -0.39 is 0 Å². The fraction of sp³-hybridized carbons (Fsp3) is 0.214. The largest absolute Gasteiger partial charge is 0.483 e. The van der Waals surface area contributed by atoms with Crippen LogP contribution in [-0.4, -0.2) is 49.5 Å². The van der Waals surface area contributed by atoms with Crippen LogP contribution < -0.4 is 15.0 Å². The minimum atomic E-state index is -0.234. The van der Waals surface area contributed by atoms with Crippen molar-refractivity contribution in [2.24, 2.45) is 0 Å². The average Bonchev–Trinajstić information content (AvgIpc) is 2.88. The van der Waals surface area contributed by atoms with E-state index >= 15 is 0 Å². The molecule has 1 N–H and O–H groups in total. The number of benzene rings is 3. The third kappa shape index (κ3) is 6.87. The van der Waals surface area contributed by atoms with Crippen LogP contribution in [0, 0.1) is 6.92 Å². The van der Waals surface area contributed by atoms with Gasteiger partial charge in [0.1, 0.15) is 5.75 Å². The van der Waals surface area contributed by atoms with Crippen LogP contribution in [0.2, 0.25) is 5.02 Å². The normalized spacial score (nSPS) is 13.7. The highest BCUT2D eigenvalue weighted by molar-refractivity contribution is 6.30. The van der Waals surface area contributed by atoms with E-state index in [4.69, 9.17) is 16.3 Å². The number of hydrogen-bond acceptors (Lipinski definition) is 4. The van der Waals surface area contributed by atoms with Crippen molar-refractivity contribution in [3.63, 3.8) is 0 Å². The molecule has 1 aliphatic heterocycles. The predicted octanol–water partition coefficient (Wildman–Crippen LogP) is 5.03. The maximum absolute atomic E-state index is 12.5. The lowest BCUT2D eigenvalue weighted by atomic mass is 10.2. The highest BCUT2D eigenvalue weighted by atomic mass is 35.5. The summed E-state index contributed by atoms with van der Waals surface area (Å²) in [6.07, 6.45) is 3.49. The average molecular weight is 490 g/mol. The van der Waals surface area contributed by atoms with Gasteiger partial charge in [0.15, 0.2) is 6.61 Å². The summed E-state index contributed by atoms with van der Waals surface area (Å²) in [6.45, 7) is 4.64. The number of rotatable bonds is 7. The highest BCUT2D eigenvalue weighted by Gasteiger charge is 2.20. The number of anilines is 2. The summed E-state index contributed by atoms with van der Waals surface area (Å²) in [4.78, 5) is 28.9. The number of aryl methyl sites for hydroxylation is 1. The molecule has 0 unspecified atom stereocenters. The Labute approximate surface area is 210 Å². The SMILES string of the molecule is Cc1cc(Cl)ccc1OCC(=O)Nc1ccc(N2CCN(C(=O)/C=C/c3ccccc3)CC2)cc1. The minimum Gasteiger partial charge on any atom is -0.483 e. The maximum atomic E-state index is 12.5. The van der Waals surface area contributed by atoms with Gasteiger partial charge in [-0.25, -0.2) is 0 Å². The number of carbonyl (C=O) groups excluding carboxylic acids is 2. The number of piperazine rings is 1. The molecule has 1 fully saturated rings. The van der Waals surface area contributed by atoms with Gasteiger partial charge in [0, 0.05) is 48.7 Å². The maximum Gasteiger partial charge on any atom is 0.262 e. The summed E-state index contributed by atoms with van der Waals surface area (Å²) in [7, 11) is 0. The molecular weight excluding hydrogens is 462 g/mol. The van der Waals surface area contributed by atoms with E-state index in [-0.39, 0.29) is 18.4 Å². The zero-order valence-corrected chi connectivity index (χ0v) is 20.4. The van der Waals surface area contributed by atoms with Gasteiger partial charge in [0.25, 0.3) is 5.91 Å². The van der Waals surface area contributed by atoms with Crippen molar-refractivity contribution in [1.82, 2.24) is 4.90 Å². The Balaban J connectivity index is 1.23. The van der Waals surface area contributed by atoms with Crippen molar-refractivity contribution in [1.29, 1.82) is 0 Å². The van der Waals surface area contributed by atoms with Crippen molar-refractivity contribution < 1.29 is 14.3 Å². The van der Waals surface area contributed by atoms with Gasteiger partial charge < -0.3 is 19.9 Å². The van der Waals surface area contributed by atoms with Gasteiger partial charge in [-0.2, -0.15) is 0 Å². The molecule has 1 saturated heterocycles. The van der Waals surface area contributed by atoms with Crippen LogP contribution >= 0.6 is 11.6 Å². The number of amides is 2. The first-order valence-corrected chi connectivity index (χ1v) is 11.9. The Kier molecular flexibility index (Phi) is 8.06. The molecule has 0 saturated carbocycles. The molecule has 7 heteroatoms. The lowest BCUT2D eigenvalue weighted by molar-refractivity contribution is -0.126. The first-order valence-electron chi connectivity index (χ1n) is 11.5. The van der Waals surface area contributed by atoms with Crippen LogP contribution in [0.5, 0.6) is 5.75 Å². The Hall–Kier alpha value is -3.77. The second-order valence-corrected chi connectivity index (χ2v) is 8.79. The van der Waals surface area contributed by atoms with Gasteiger partial charge in [0.2, 0.25) is 5.91 Å². The summed E-state index contributed by atoms with van der Waals surface area (Å²) in [5.74, 6) is 0.429. The van der Waals surface area contributed by atoms with Gasteiger partial charge in [0.05, 0.1) is 0 Å². The molecule has 4 rings (SSSR count). The predicted molar refractivity (Wildman–Crippen MR) is 141 cm³/mol. The van der Waals surface area contributed by atoms with Crippen LogP contribution in [0.3, 0.4) is 0 Å². The standard InChI is InChI=1S/C28H28ClN3O3/c1-21-19-23(29)8-13-26(21)35-20-27(33)30-24-9-11-25(12-10-24)31-15-17-32(18-16-31)28(34)14-7-22-5-3-2-4-6-22/h2-14,19H,15-18,20H2,1H3,(H,30,33)/b14-7+. The molecule has 0 atom stereocenters. The number of hydrogen-bond donors (Lipinski definition) is 1. The van der Waals surface area contributed by atoms with Crippen LogP contribution in [-0.2, 0) is 9.59 Å². The summed E-state index contributed by atoms with van der Waals surface area (Å²) in [5, 5.41) is 3.49. The van der Waals surface area contributed by atoms with Crippen molar-refractivity contribution in [2.45, 2.75) is 6.92 Å². The summed E-state index contributed by atoms with van der Waals surface area (Å²) in [6, 6.07) is 22.8. The summed E-state index contributed by atoms with van der Waals surface area (Å²) in [5.41, 5.74) is 3.65. The molecule has 180 valence electrons. The van der Waals surface area contributed by atoms with Gasteiger partial charge in [-0.3, -0.25) is 9.59 Å². The summed E-state index contributed by atoms with van der Waals surface area (Å²) < 4.78 is 5.60. The number of carbonyl (C=O) groups is 2. The molecule has 0 aromatic heterocycles. The molecule has 0 bridgehead atoms. The Morgan fingerprint density at radius 3 is 2.37 bits per heavy atom. The second kappa shape index (κ2) is 11.6. The van der Waals surface area contributed by atoms with Gasteiger partial charge in [-0.15, -0.1) is 0 Å². The van der Waals surface area contributed by atoms with Crippen LogP contribution in [0.4, 0.5) is 11.4 Å². The smallest absolute Gasteiger partial charge is 0.262 e. The van der Waals surface area contributed by atoms with Crippen LogP contribution in [0.1, 0.15) is 11.1 Å². The number of nitrogens with one attached hydrogen (secondary N) is 1. The molecule has 0 spiro atoms. The lowest BCUT2D eigenvalue weighted by Gasteiger charge is -2.35. The highest BCUT2D eigenvalue weighted by Crippen LogP contribution is 2.22. The number of ether oxygens (including phenoxy) is 1. The molecule has 0 radical (unpaired) electrons. The molecule has 1 heterocycles. The lowest BCUT2D eigenvalue weighted by Crippen LogP contribution is -2.48. The van der Waals surface area contributed by atoms with Gasteiger partial charge >= 0.3 is 0 Å². The molecule has 3 aromatic rings. The fourth-order valence-corrected chi connectivity index (χ4v) is 4.12. The molecule has 0 aliphatic carbocycles.